The third-order valence-corrected chi connectivity index (χ3v) is 5.33. The zero-order valence-electron chi connectivity index (χ0n) is 20.0. The predicted octanol–water partition coefficient (Wildman–Crippen LogP) is 2.94. The number of aliphatic imine (C=N–C) groups is 1. The highest BCUT2D eigenvalue weighted by Crippen LogP contribution is 2.14. The molecule has 2 aromatic rings. The molecule has 3 rings (SSSR count). The summed E-state index contributed by atoms with van der Waals surface area (Å²) < 4.78 is 5.99. The van der Waals surface area contributed by atoms with Gasteiger partial charge in [-0.15, -0.1) is 24.0 Å². The van der Waals surface area contributed by atoms with Crippen LogP contribution in [0.4, 0.5) is 5.95 Å². The van der Waals surface area contributed by atoms with Gasteiger partial charge in [0, 0.05) is 51.7 Å². The molecule has 1 aromatic heterocycles. The van der Waals surface area contributed by atoms with Crippen molar-refractivity contribution in [2.75, 3.05) is 57.3 Å². The van der Waals surface area contributed by atoms with Crippen LogP contribution in [0.3, 0.4) is 0 Å². The number of anilines is 1. The van der Waals surface area contributed by atoms with E-state index < -0.39 is 0 Å². The first kappa shape index (κ1) is 27.1. The standard InChI is InChI=1S/C24H37N7O.HI/c1-4-25-23(29-19-21(3)32-22-9-5-8-20(2)18-22)26-12-7-13-30-14-16-31(17-15-30)24-27-10-6-11-28-24;/h5-6,8-11,18,21H,4,7,12-17,19H2,1-3H3,(H2,25,26,29);1H. The minimum absolute atomic E-state index is 0. The van der Waals surface area contributed by atoms with Gasteiger partial charge in [0.15, 0.2) is 5.96 Å². The lowest BCUT2D eigenvalue weighted by atomic mass is 10.2. The van der Waals surface area contributed by atoms with Crippen molar-refractivity contribution in [1.29, 1.82) is 0 Å². The van der Waals surface area contributed by atoms with Gasteiger partial charge in [-0.2, -0.15) is 0 Å². The van der Waals surface area contributed by atoms with Gasteiger partial charge in [0.25, 0.3) is 0 Å². The number of ether oxygens (including phenoxy) is 1. The molecular weight excluding hydrogens is 529 g/mol. The summed E-state index contributed by atoms with van der Waals surface area (Å²) in [5.74, 6) is 2.57. The average Bonchev–Trinajstić information content (AvgIpc) is 2.81. The Morgan fingerprint density at radius 3 is 2.58 bits per heavy atom. The van der Waals surface area contributed by atoms with E-state index in [1.165, 1.54) is 5.56 Å². The number of halogens is 1. The van der Waals surface area contributed by atoms with Crippen molar-refractivity contribution in [3.8, 4) is 5.75 Å². The maximum Gasteiger partial charge on any atom is 0.225 e. The molecule has 0 bridgehead atoms. The maximum atomic E-state index is 5.99. The van der Waals surface area contributed by atoms with Gasteiger partial charge in [-0.1, -0.05) is 12.1 Å². The lowest BCUT2D eigenvalue weighted by molar-refractivity contribution is 0.230. The summed E-state index contributed by atoms with van der Waals surface area (Å²) in [5, 5.41) is 6.77. The molecular formula is C24H38IN7O. The Morgan fingerprint density at radius 2 is 1.88 bits per heavy atom. The number of benzene rings is 1. The van der Waals surface area contributed by atoms with Gasteiger partial charge in [-0.05, 0) is 57.5 Å². The molecule has 182 valence electrons. The van der Waals surface area contributed by atoms with Crippen LogP contribution in [0.5, 0.6) is 5.75 Å². The fourth-order valence-corrected chi connectivity index (χ4v) is 3.66. The lowest BCUT2D eigenvalue weighted by Crippen LogP contribution is -2.47. The molecule has 0 saturated carbocycles. The third kappa shape index (κ3) is 9.71. The van der Waals surface area contributed by atoms with Crippen LogP contribution in [0.15, 0.2) is 47.7 Å². The molecule has 33 heavy (non-hydrogen) atoms. The fourth-order valence-electron chi connectivity index (χ4n) is 3.66. The van der Waals surface area contributed by atoms with Crippen molar-refractivity contribution in [2.45, 2.75) is 33.3 Å². The van der Waals surface area contributed by atoms with E-state index in [0.717, 1.165) is 69.9 Å². The Hall–Kier alpha value is -2.14. The van der Waals surface area contributed by atoms with Gasteiger partial charge in [0.05, 0.1) is 6.54 Å². The second kappa shape index (κ2) is 14.9. The van der Waals surface area contributed by atoms with E-state index in [1.54, 1.807) is 12.4 Å². The summed E-state index contributed by atoms with van der Waals surface area (Å²) in [5.41, 5.74) is 1.20. The molecule has 1 unspecified atom stereocenters. The van der Waals surface area contributed by atoms with Crippen LogP contribution in [-0.2, 0) is 0 Å². The smallest absolute Gasteiger partial charge is 0.225 e. The Morgan fingerprint density at radius 1 is 1.12 bits per heavy atom. The molecule has 0 amide bonds. The van der Waals surface area contributed by atoms with Crippen molar-refractivity contribution >= 4 is 35.9 Å². The molecule has 1 atom stereocenters. The minimum Gasteiger partial charge on any atom is -0.489 e. The monoisotopic (exact) mass is 567 g/mol. The molecule has 1 saturated heterocycles. The van der Waals surface area contributed by atoms with Gasteiger partial charge in [-0.25, -0.2) is 15.0 Å². The normalized spacial score (nSPS) is 15.5. The van der Waals surface area contributed by atoms with Crippen molar-refractivity contribution in [1.82, 2.24) is 25.5 Å². The van der Waals surface area contributed by atoms with Gasteiger partial charge >= 0.3 is 0 Å². The number of piperazine rings is 1. The van der Waals surface area contributed by atoms with Crippen LogP contribution >= 0.6 is 24.0 Å². The number of hydrogen-bond acceptors (Lipinski definition) is 6. The number of aryl methyl sites for hydroxylation is 1. The topological polar surface area (TPSA) is 77.9 Å². The van der Waals surface area contributed by atoms with E-state index in [1.807, 2.05) is 18.2 Å². The van der Waals surface area contributed by atoms with E-state index in [4.69, 9.17) is 9.73 Å². The van der Waals surface area contributed by atoms with Crippen LogP contribution < -0.4 is 20.3 Å². The van der Waals surface area contributed by atoms with E-state index >= 15 is 0 Å². The van der Waals surface area contributed by atoms with Crippen LogP contribution in [0.1, 0.15) is 25.8 Å². The number of rotatable bonds is 10. The minimum atomic E-state index is 0. The molecule has 0 aliphatic carbocycles. The molecule has 1 fully saturated rings. The number of nitrogens with one attached hydrogen (secondary N) is 2. The van der Waals surface area contributed by atoms with Crippen molar-refractivity contribution in [2.24, 2.45) is 4.99 Å². The van der Waals surface area contributed by atoms with E-state index in [-0.39, 0.29) is 30.1 Å². The van der Waals surface area contributed by atoms with Crippen LogP contribution in [0.2, 0.25) is 0 Å². The predicted molar refractivity (Wildman–Crippen MR) is 146 cm³/mol. The van der Waals surface area contributed by atoms with Crippen LogP contribution in [0.25, 0.3) is 0 Å². The molecule has 1 aliphatic rings. The third-order valence-electron chi connectivity index (χ3n) is 5.33. The maximum absolute atomic E-state index is 5.99. The lowest BCUT2D eigenvalue weighted by Gasteiger charge is -2.34. The zero-order chi connectivity index (χ0) is 22.6. The number of aromatic nitrogens is 2. The summed E-state index contributed by atoms with van der Waals surface area (Å²) in [6.45, 7) is 13.6. The quantitative estimate of drug-likeness (QED) is 0.198. The summed E-state index contributed by atoms with van der Waals surface area (Å²) >= 11 is 0. The summed E-state index contributed by atoms with van der Waals surface area (Å²) in [6, 6.07) is 9.98. The van der Waals surface area contributed by atoms with Crippen molar-refractivity contribution in [3.63, 3.8) is 0 Å². The second-order valence-corrected chi connectivity index (χ2v) is 8.12. The SMILES string of the molecule is CCNC(=NCC(C)Oc1cccc(C)c1)NCCCN1CCN(c2ncccn2)CC1.I. The largest absolute Gasteiger partial charge is 0.489 e. The molecule has 0 radical (unpaired) electrons. The van der Waals surface area contributed by atoms with Crippen molar-refractivity contribution < 1.29 is 4.74 Å². The summed E-state index contributed by atoms with van der Waals surface area (Å²) in [7, 11) is 0. The van der Waals surface area contributed by atoms with Gasteiger partial charge < -0.3 is 20.3 Å². The van der Waals surface area contributed by atoms with Crippen LogP contribution in [-0.4, -0.2) is 79.3 Å². The highest BCUT2D eigenvalue weighted by atomic mass is 127. The van der Waals surface area contributed by atoms with Crippen molar-refractivity contribution in [3.05, 3.63) is 48.3 Å². The number of guanidine groups is 1. The van der Waals surface area contributed by atoms with Crippen LogP contribution in [0, 0.1) is 6.92 Å². The van der Waals surface area contributed by atoms with E-state index in [2.05, 4.69) is 63.3 Å². The first-order chi connectivity index (χ1) is 15.6. The van der Waals surface area contributed by atoms with Gasteiger partial charge in [-0.3, -0.25) is 4.90 Å². The Kier molecular flexibility index (Phi) is 12.2. The molecule has 1 aromatic carbocycles. The molecule has 8 nitrogen and oxygen atoms in total. The first-order valence-electron chi connectivity index (χ1n) is 11.6. The molecule has 2 N–H and O–H groups in total. The second-order valence-electron chi connectivity index (χ2n) is 8.12. The Labute approximate surface area is 215 Å². The summed E-state index contributed by atoms with van der Waals surface area (Å²) in [4.78, 5) is 18.2. The first-order valence-corrected chi connectivity index (χ1v) is 11.6. The average molecular weight is 568 g/mol. The molecule has 0 spiro atoms. The van der Waals surface area contributed by atoms with E-state index in [9.17, 15) is 0 Å². The van der Waals surface area contributed by atoms with E-state index in [0.29, 0.717) is 6.54 Å². The molecule has 9 heteroatoms. The Balaban J connectivity index is 0.00000385. The number of hydrogen-bond donors (Lipinski definition) is 2. The number of nitrogens with zero attached hydrogens (tertiary/aromatic N) is 5. The highest BCUT2D eigenvalue weighted by Gasteiger charge is 2.18. The molecule has 2 heterocycles. The highest BCUT2D eigenvalue weighted by molar-refractivity contribution is 14.0. The van der Waals surface area contributed by atoms with Gasteiger partial charge in [0.1, 0.15) is 11.9 Å². The Bertz CT molecular complexity index is 829. The summed E-state index contributed by atoms with van der Waals surface area (Å²) in [6.07, 6.45) is 4.69. The zero-order valence-corrected chi connectivity index (χ0v) is 22.4. The fraction of sp³-hybridized carbons (Fsp3) is 0.542. The van der Waals surface area contributed by atoms with Gasteiger partial charge in [0.2, 0.25) is 5.95 Å². The molecule has 1 aliphatic heterocycles.